The number of hydrogen-bond donors (Lipinski definition) is 2. The van der Waals surface area contributed by atoms with Gasteiger partial charge >= 0.3 is 0 Å². The van der Waals surface area contributed by atoms with Crippen LogP contribution in [0.5, 0.6) is 0 Å². The number of halogens is 6. The summed E-state index contributed by atoms with van der Waals surface area (Å²) >= 11 is 12.1. The summed E-state index contributed by atoms with van der Waals surface area (Å²) in [6, 6.07) is 4.02. The summed E-state index contributed by atoms with van der Waals surface area (Å²) in [4.78, 5) is 17.6. The topological polar surface area (TPSA) is 90.9 Å². The zero-order valence-electron chi connectivity index (χ0n) is 22.1. The number of amidine groups is 1. The van der Waals surface area contributed by atoms with Gasteiger partial charge in [0.1, 0.15) is 5.84 Å². The molecule has 222 valence electrons. The number of amides is 1. The van der Waals surface area contributed by atoms with Crippen molar-refractivity contribution in [2.45, 2.75) is 88.4 Å². The van der Waals surface area contributed by atoms with Crippen LogP contribution in [0.25, 0.3) is 0 Å². The van der Waals surface area contributed by atoms with E-state index in [1.807, 2.05) is 13.8 Å². The number of hydrogen-bond acceptors (Lipinski definition) is 5. The molecule has 2 N–H and O–H groups in total. The second kappa shape index (κ2) is 9.98. The van der Waals surface area contributed by atoms with Gasteiger partial charge in [-0.05, 0) is 56.7 Å². The lowest BCUT2D eigenvalue weighted by atomic mass is 9.38. The van der Waals surface area contributed by atoms with Gasteiger partial charge in [-0.15, -0.1) is 0 Å². The molecule has 6 rings (SSSR count). The van der Waals surface area contributed by atoms with Gasteiger partial charge < -0.3 is 10.6 Å². The molecule has 4 saturated carbocycles. The molecule has 4 aliphatic carbocycles. The Balaban J connectivity index is 1.29. The molecule has 40 heavy (non-hydrogen) atoms. The molecule has 1 aromatic carbocycles. The van der Waals surface area contributed by atoms with Gasteiger partial charge in [-0.2, -0.15) is 4.31 Å². The summed E-state index contributed by atoms with van der Waals surface area (Å²) in [5, 5.41) is 6.68. The molecule has 1 aliphatic heterocycles. The fourth-order valence-corrected chi connectivity index (χ4v) is 8.73. The number of alkyl halides is 4. The van der Waals surface area contributed by atoms with Gasteiger partial charge in [0.2, 0.25) is 28.3 Å². The van der Waals surface area contributed by atoms with Crippen LogP contribution < -0.4 is 10.6 Å². The van der Waals surface area contributed by atoms with E-state index >= 15 is 0 Å². The lowest BCUT2D eigenvalue weighted by Gasteiger charge is -2.73. The third-order valence-electron chi connectivity index (χ3n) is 8.64. The molecular formula is C26H32Cl2F4N4O3S. The number of benzene rings is 1. The van der Waals surface area contributed by atoms with Crippen molar-refractivity contribution in [2.75, 3.05) is 12.3 Å². The normalized spacial score (nSPS) is 30.2. The summed E-state index contributed by atoms with van der Waals surface area (Å²) in [6.07, 6.45) is -2.69. The Bertz CT molecular complexity index is 1310. The number of rotatable bonds is 11. The molecule has 7 nitrogen and oxygen atoms in total. The van der Waals surface area contributed by atoms with Crippen molar-refractivity contribution < 1.29 is 30.8 Å². The van der Waals surface area contributed by atoms with Gasteiger partial charge in [-0.25, -0.2) is 26.0 Å². The van der Waals surface area contributed by atoms with E-state index in [2.05, 4.69) is 15.6 Å². The van der Waals surface area contributed by atoms with E-state index < -0.39 is 57.1 Å². The van der Waals surface area contributed by atoms with Crippen LogP contribution in [0.2, 0.25) is 10.0 Å². The molecule has 0 aromatic heterocycles. The number of carbonyl (C=O) groups excluding carboxylic acids is 1. The second-order valence-corrected chi connectivity index (χ2v) is 15.2. The summed E-state index contributed by atoms with van der Waals surface area (Å²) in [5.74, 6) is -3.32. The molecule has 0 unspecified atom stereocenters. The van der Waals surface area contributed by atoms with E-state index in [0.717, 1.165) is 0 Å². The Morgan fingerprint density at radius 1 is 1.18 bits per heavy atom. The first-order chi connectivity index (χ1) is 18.5. The predicted octanol–water partition coefficient (Wildman–Crippen LogP) is 5.01. The van der Waals surface area contributed by atoms with Crippen LogP contribution in [0.15, 0.2) is 23.2 Å². The summed E-state index contributed by atoms with van der Waals surface area (Å²) < 4.78 is 80.1. The molecule has 0 saturated heterocycles. The summed E-state index contributed by atoms with van der Waals surface area (Å²) in [6.45, 7) is 3.80. The first-order valence-electron chi connectivity index (χ1n) is 13.2. The molecule has 0 spiro atoms. The van der Waals surface area contributed by atoms with Crippen molar-refractivity contribution in [1.29, 1.82) is 0 Å². The van der Waals surface area contributed by atoms with Crippen LogP contribution in [0.4, 0.5) is 17.6 Å². The van der Waals surface area contributed by atoms with Crippen LogP contribution in [0, 0.1) is 11.3 Å². The lowest BCUT2D eigenvalue weighted by Crippen LogP contribution is -2.78. The Morgan fingerprint density at radius 3 is 2.40 bits per heavy atom. The molecule has 2 bridgehead atoms. The van der Waals surface area contributed by atoms with Gasteiger partial charge in [0.15, 0.2) is 6.04 Å². The lowest BCUT2D eigenvalue weighted by molar-refractivity contribution is -0.151. The molecule has 14 heteroatoms. The number of nitrogens with one attached hydrogen (secondary N) is 2. The highest BCUT2D eigenvalue weighted by molar-refractivity contribution is 7.89. The van der Waals surface area contributed by atoms with Crippen molar-refractivity contribution in [3.05, 3.63) is 33.8 Å². The van der Waals surface area contributed by atoms with Crippen LogP contribution in [0.3, 0.4) is 0 Å². The number of aliphatic imine (C=N–C) groups is 1. The van der Waals surface area contributed by atoms with Crippen LogP contribution in [0.1, 0.15) is 57.9 Å². The highest BCUT2D eigenvalue weighted by Crippen LogP contribution is 2.71. The van der Waals surface area contributed by atoms with Crippen LogP contribution in [-0.4, -0.2) is 66.2 Å². The summed E-state index contributed by atoms with van der Waals surface area (Å²) in [5.41, 5.74) is -1.34. The first kappa shape index (κ1) is 29.8. The molecule has 1 aromatic rings. The highest BCUT2D eigenvalue weighted by atomic mass is 35.5. The van der Waals surface area contributed by atoms with Gasteiger partial charge in [0, 0.05) is 43.3 Å². The van der Waals surface area contributed by atoms with Gasteiger partial charge in [0.25, 0.3) is 0 Å². The Morgan fingerprint density at radius 2 is 1.82 bits per heavy atom. The quantitative estimate of drug-likeness (QED) is 0.338. The molecular weight excluding hydrogens is 595 g/mol. The SMILES string of the molecule is CC1(C)NC(C23CC(N(Cc4ccc(Cl)c(Cl)c4)S(=O)(=O)CCC(F)F)(C2)C3)=N[C@H]1C(=O)NCC1CC(F)(F)C1. The average Bonchev–Trinajstić information content (AvgIpc) is 3.09. The van der Waals surface area contributed by atoms with Crippen molar-refractivity contribution in [2.24, 2.45) is 16.3 Å². The Labute approximate surface area is 241 Å². The van der Waals surface area contributed by atoms with E-state index in [1.165, 1.54) is 4.31 Å². The molecule has 4 fully saturated rings. The zero-order valence-corrected chi connectivity index (χ0v) is 24.5. The standard InChI is InChI=1S/C26H32Cl2F4N4O3S/c1-23(2)20(21(37)33-10-16-8-26(31,32)9-16)34-22(35-23)24-12-25(13-24,14-24)36(40(38,39)6-5-19(29)30)11-15-3-4-17(27)18(28)7-15/h3-4,7,16,19-20H,5-6,8-14H2,1-2H3,(H,33,37)(H,34,35)/t20-,24?,25?/m0/s1. The molecule has 0 radical (unpaired) electrons. The maximum absolute atomic E-state index is 13.3. The molecule has 1 heterocycles. The average molecular weight is 628 g/mol. The van der Waals surface area contributed by atoms with Crippen molar-refractivity contribution in [1.82, 2.24) is 14.9 Å². The van der Waals surface area contributed by atoms with E-state index in [9.17, 15) is 30.8 Å². The van der Waals surface area contributed by atoms with Gasteiger partial charge in [-0.3, -0.25) is 9.79 Å². The minimum Gasteiger partial charge on any atom is -0.366 e. The fourth-order valence-electron chi connectivity index (χ4n) is 6.59. The van der Waals surface area contributed by atoms with E-state index in [4.69, 9.17) is 23.2 Å². The molecule has 1 amide bonds. The molecule has 1 atom stereocenters. The minimum atomic E-state index is -4.04. The number of nitrogens with zero attached hydrogens (tertiary/aromatic N) is 2. The highest BCUT2D eigenvalue weighted by Gasteiger charge is 2.75. The predicted molar refractivity (Wildman–Crippen MR) is 145 cm³/mol. The Hall–Kier alpha value is -1.63. The first-order valence-corrected chi connectivity index (χ1v) is 15.6. The van der Waals surface area contributed by atoms with Crippen molar-refractivity contribution in [3.8, 4) is 0 Å². The maximum Gasteiger partial charge on any atom is 0.248 e. The second-order valence-electron chi connectivity index (χ2n) is 12.4. The van der Waals surface area contributed by atoms with E-state index in [-0.39, 0.29) is 42.8 Å². The van der Waals surface area contributed by atoms with E-state index in [1.54, 1.807) is 18.2 Å². The third kappa shape index (κ3) is 5.45. The molecule has 5 aliphatic rings. The maximum atomic E-state index is 13.3. The van der Waals surface area contributed by atoms with Crippen LogP contribution >= 0.6 is 23.2 Å². The third-order valence-corrected chi connectivity index (χ3v) is 11.3. The summed E-state index contributed by atoms with van der Waals surface area (Å²) in [7, 11) is -4.04. The Kier molecular flexibility index (Phi) is 7.45. The smallest absolute Gasteiger partial charge is 0.248 e. The largest absolute Gasteiger partial charge is 0.366 e. The fraction of sp³-hybridized carbons (Fsp3) is 0.692. The van der Waals surface area contributed by atoms with Gasteiger partial charge in [-0.1, -0.05) is 29.3 Å². The van der Waals surface area contributed by atoms with Crippen LogP contribution in [-0.2, 0) is 21.4 Å². The van der Waals surface area contributed by atoms with Gasteiger partial charge in [0.05, 0.1) is 21.3 Å². The van der Waals surface area contributed by atoms with E-state index in [0.29, 0.717) is 35.7 Å². The monoisotopic (exact) mass is 626 g/mol. The van der Waals surface area contributed by atoms with Crippen molar-refractivity contribution >= 4 is 45.0 Å². The number of carbonyl (C=O) groups is 1. The minimum absolute atomic E-state index is 0.0326. The number of sulfonamides is 1. The zero-order chi connectivity index (χ0) is 29.3. The van der Waals surface area contributed by atoms with Crippen molar-refractivity contribution in [3.63, 3.8) is 0 Å².